The van der Waals surface area contributed by atoms with E-state index in [2.05, 4.69) is 17.4 Å². The Hall–Kier alpha value is -1.59. The fraction of sp³-hybridized carbons (Fsp3) is 0.650. The number of nitrogens with one attached hydrogen (secondary N) is 1. The first-order chi connectivity index (χ1) is 12.3. The summed E-state index contributed by atoms with van der Waals surface area (Å²) in [4.78, 5) is 14.3. The second kappa shape index (κ2) is 9.78. The Kier molecular flexibility index (Phi) is 7.12. The van der Waals surface area contributed by atoms with Gasteiger partial charge in [-0.3, -0.25) is 0 Å². The van der Waals surface area contributed by atoms with Crippen molar-refractivity contribution in [1.29, 1.82) is 0 Å². The lowest BCUT2D eigenvalue weighted by atomic mass is 10.0. The maximum Gasteiger partial charge on any atom is 0.317 e. The van der Waals surface area contributed by atoms with Gasteiger partial charge in [-0.25, -0.2) is 4.79 Å². The molecule has 2 heterocycles. The van der Waals surface area contributed by atoms with Crippen LogP contribution in [0, 0.1) is 0 Å². The zero-order valence-electron chi connectivity index (χ0n) is 15.0. The van der Waals surface area contributed by atoms with Gasteiger partial charge in [0.2, 0.25) is 0 Å². The number of carbonyl (C=O) groups excluding carboxylic acids is 1. The van der Waals surface area contributed by atoms with Crippen LogP contribution in [0.2, 0.25) is 0 Å². The van der Waals surface area contributed by atoms with Gasteiger partial charge in [0.1, 0.15) is 0 Å². The Labute approximate surface area is 150 Å². The molecule has 0 aliphatic carbocycles. The van der Waals surface area contributed by atoms with E-state index in [1.54, 1.807) is 0 Å². The van der Waals surface area contributed by atoms with Crippen molar-refractivity contribution in [2.45, 2.75) is 50.7 Å². The summed E-state index contributed by atoms with van der Waals surface area (Å²) >= 11 is 0. The van der Waals surface area contributed by atoms with Crippen LogP contribution in [0.5, 0.6) is 0 Å². The van der Waals surface area contributed by atoms with Crippen molar-refractivity contribution < 1.29 is 14.3 Å². The topological polar surface area (TPSA) is 50.8 Å². The van der Waals surface area contributed by atoms with Crippen LogP contribution in [0.3, 0.4) is 0 Å². The van der Waals surface area contributed by atoms with Crippen LogP contribution in [0.4, 0.5) is 4.79 Å². The first-order valence-electron chi connectivity index (χ1n) is 9.61. The van der Waals surface area contributed by atoms with Crippen molar-refractivity contribution in [1.82, 2.24) is 10.2 Å². The Morgan fingerprint density at radius 1 is 1.12 bits per heavy atom. The normalized spacial score (nSPS) is 24.1. The van der Waals surface area contributed by atoms with Crippen molar-refractivity contribution in [2.24, 2.45) is 0 Å². The van der Waals surface area contributed by atoms with E-state index in [0.29, 0.717) is 25.8 Å². The lowest BCUT2D eigenvalue weighted by Crippen LogP contribution is -2.50. The van der Waals surface area contributed by atoms with E-state index in [-0.39, 0.29) is 12.1 Å². The van der Waals surface area contributed by atoms with Crippen molar-refractivity contribution in [2.75, 3.05) is 32.8 Å². The smallest absolute Gasteiger partial charge is 0.317 e. The molecule has 1 aromatic rings. The number of amides is 2. The molecule has 0 radical (unpaired) electrons. The Balaban J connectivity index is 1.35. The van der Waals surface area contributed by atoms with Crippen molar-refractivity contribution in [3.8, 4) is 0 Å². The summed E-state index contributed by atoms with van der Waals surface area (Å²) in [6.45, 7) is 3.56. The van der Waals surface area contributed by atoms with Gasteiger partial charge in [0, 0.05) is 32.7 Å². The van der Waals surface area contributed by atoms with Crippen LogP contribution in [-0.2, 0) is 15.9 Å². The SMILES string of the molecule is O=C(NCCCC1CCCCO1)N1CCOC(Cc2ccccc2)C1. The average molecular weight is 346 g/mol. The Morgan fingerprint density at radius 3 is 2.76 bits per heavy atom. The predicted octanol–water partition coefficient (Wildman–Crippen LogP) is 2.99. The molecule has 2 aliphatic rings. The summed E-state index contributed by atoms with van der Waals surface area (Å²) in [6, 6.07) is 10.3. The quantitative estimate of drug-likeness (QED) is 0.806. The number of benzene rings is 1. The first kappa shape index (κ1) is 18.2. The summed E-state index contributed by atoms with van der Waals surface area (Å²) in [5, 5.41) is 3.05. The largest absolute Gasteiger partial charge is 0.378 e. The Bertz CT molecular complexity index is 517. The van der Waals surface area contributed by atoms with Crippen LogP contribution in [0.15, 0.2) is 30.3 Å². The first-order valence-corrected chi connectivity index (χ1v) is 9.61. The predicted molar refractivity (Wildman–Crippen MR) is 97.7 cm³/mol. The number of hydrogen-bond acceptors (Lipinski definition) is 3. The molecule has 3 rings (SSSR count). The number of nitrogens with zero attached hydrogens (tertiary/aromatic N) is 1. The highest BCUT2D eigenvalue weighted by Gasteiger charge is 2.24. The number of morpholine rings is 1. The van der Waals surface area contributed by atoms with Gasteiger partial charge in [-0.2, -0.15) is 0 Å². The van der Waals surface area contributed by atoms with Crippen LogP contribution in [0.1, 0.15) is 37.7 Å². The minimum Gasteiger partial charge on any atom is -0.378 e. The summed E-state index contributed by atoms with van der Waals surface area (Å²) < 4.78 is 11.6. The molecule has 2 unspecified atom stereocenters. The average Bonchev–Trinajstić information content (AvgIpc) is 2.67. The fourth-order valence-electron chi connectivity index (χ4n) is 3.58. The Morgan fingerprint density at radius 2 is 1.96 bits per heavy atom. The van der Waals surface area contributed by atoms with E-state index in [1.165, 1.54) is 24.8 Å². The van der Waals surface area contributed by atoms with E-state index in [0.717, 1.165) is 32.4 Å². The standard InChI is InChI=1S/C20H30N2O3/c23-20(21-11-6-10-18-9-4-5-13-24-18)22-12-14-25-19(16-22)15-17-7-2-1-3-8-17/h1-3,7-8,18-19H,4-6,9-16H2,(H,21,23). The molecule has 25 heavy (non-hydrogen) atoms. The van der Waals surface area contributed by atoms with Gasteiger partial charge in [-0.05, 0) is 37.7 Å². The number of ether oxygens (including phenoxy) is 2. The van der Waals surface area contributed by atoms with Crippen molar-refractivity contribution in [3.05, 3.63) is 35.9 Å². The second-order valence-electron chi connectivity index (χ2n) is 6.99. The molecule has 1 N–H and O–H groups in total. The highest BCUT2D eigenvalue weighted by molar-refractivity contribution is 5.74. The van der Waals surface area contributed by atoms with Crippen LogP contribution in [0.25, 0.3) is 0 Å². The number of urea groups is 1. The fourth-order valence-corrected chi connectivity index (χ4v) is 3.58. The zero-order valence-corrected chi connectivity index (χ0v) is 15.0. The summed E-state index contributed by atoms with van der Waals surface area (Å²) in [5.41, 5.74) is 1.25. The van der Waals surface area contributed by atoms with E-state index in [1.807, 2.05) is 23.1 Å². The maximum absolute atomic E-state index is 12.4. The molecule has 2 atom stereocenters. The summed E-state index contributed by atoms with van der Waals surface area (Å²) in [5.74, 6) is 0. The minimum atomic E-state index is 0.0333. The molecular weight excluding hydrogens is 316 g/mol. The third kappa shape index (κ3) is 6.01. The van der Waals surface area contributed by atoms with Crippen molar-refractivity contribution >= 4 is 6.03 Å². The van der Waals surface area contributed by atoms with Crippen LogP contribution >= 0.6 is 0 Å². The molecule has 5 nitrogen and oxygen atoms in total. The molecule has 0 spiro atoms. The molecule has 0 saturated carbocycles. The number of hydrogen-bond donors (Lipinski definition) is 1. The maximum atomic E-state index is 12.4. The third-order valence-corrected chi connectivity index (χ3v) is 4.99. The van der Waals surface area contributed by atoms with Crippen LogP contribution < -0.4 is 5.32 Å². The molecule has 0 aromatic heterocycles. The lowest BCUT2D eigenvalue weighted by Gasteiger charge is -2.33. The van der Waals surface area contributed by atoms with Gasteiger partial charge >= 0.3 is 6.03 Å². The molecule has 2 aliphatic heterocycles. The summed E-state index contributed by atoms with van der Waals surface area (Å²) in [7, 11) is 0. The van der Waals surface area contributed by atoms with E-state index in [9.17, 15) is 4.79 Å². The second-order valence-corrected chi connectivity index (χ2v) is 6.99. The zero-order chi connectivity index (χ0) is 17.3. The van der Waals surface area contributed by atoms with Gasteiger partial charge in [-0.15, -0.1) is 0 Å². The van der Waals surface area contributed by atoms with Gasteiger partial charge in [0.05, 0.1) is 18.8 Å². The van der Waals surface area contributed by atoms with E-state index in [4.69, 9.17) is 9.47 Å². The molecule has 5 heteroatoms. The monoisotopic (exact) mass is 346 g/mol. The molecule has 1 aromatic carbocycles. The lowest BCUT2D eigenvalue weighted by molar-refractivity contribution is -0.0134. The number of carbonyl (C=O) groups is 1. The molecule has 138 valence electrons. The molecule has 2 fully saturated rings. The third-order valence-electron chi connectivity index (χ3n) is 4.99. The van der Waals surface area contributed by atoms with Gasteiger partial charge in [0.15, 0.2) is 0 Å². The van der Waals surface area contributed by atoms with Gasteiger partial charge in [-0.1, -0.05) is 30.3 Å². The van der Waals surface area contributed by atoms with E-state index >= 15 is 0 Å². The highest BCUT2D eigenvalue weighted by atomic mass is 16.5. The molecule has 0 bridgehead atoms. The van der Waals surface area contributed by atoms with Crippen molar-refractivity contribution in [3.63, 3.8) is 0 Å². The van der Waals surface area contributed by atoms with Crippen LogP contribution in [-0.4, -0.2) is 56.0 Å². The van der Waals surface area contributed by atoms with Gasteiger partial charge < -0.3 is 19.7 Å². The highest BCUT2D eigenvalue weighted by Crippen LogP contribution is 2.16. The molecule has 2 saturated heterocycles. The van der Waals surface area contributed by atoms with Gasteiger partial charge in [0.25, 0.3) is 0 Å². The molecular formula is C20H30N2O3. The summed E-state index contributed by atoms with van der Waals surface area (Å²) in [6.07, 6.45) is 6.97. The minimum absolute atomic E-state index is 0.0333. The van der Waals surface area contributed by atoms with E-state index < -0.39 is 0 Å². The molecule has 2 amide bonds. The number of rotatable bonds is 6.